The van der Waals surface area contributed by atoms with Crippen LogP contribution in [0.5, 0.6) is 0 Å². The van der Waals surface area contributed by atoms with Crippen molar-refractivity contribution in [3.63, 3.8) is 0 Å². The van der Waals surface area contributed by atoms with E-state index in [0.29, 0.717) is 56.6 Å². The Kier molecular flexibility index (Phi) is 6.75. The Morgan fingerprint density at radius 3 is 1.12 bits per heavy atom. The summed E-state index contributed by atoms with van der Waals surface area (Å²) in [6.45, 7) is 0. The fourth-order valence-electron chi connectivity index (χ4n) is 6.44. The highest BCUT2D eigenvalue weighted by Gasteiger charge is 2.39. The molecule has 244 valence electrons. The molecule has 5 aromatic rings. The molecule has 0 amide bonds. The van der Waals surface area contributed by atoms with Crippen LogP contribution in [-0.4, -0.2) is 0 Å². The maximum Gasteiger partial charge on any atom is 0.416 e. The van der Waals surface area contributed by atoms with Crippen molar-refractivity contribution in [2.75, 3.05) is 0 Å². The molecular formula is C36H16F12. The molecule has 0 saturated heterocycles. The van der Waals surface area contributed by atoms with Crippen LogP contribution in [0.1, 0.15) is 44.5 Å². The van der Waals surface area contributed by atoms with Crippen molar-refractivity contribution in [3.05, 3.63) is 162 Å². The summed E-state index contributed by atoms with van der Waals surface area (Å²) in [6.07, 6.45) is -20.6. The lowest BCUT2D eigenvalue weighted by atomic mass is 9.92. The first-order chi connectivity index (χ1) is 22.3. The average molecular weight is 677 g/mol. The third-order valence-corrected chi connectivity index (χ3v) is 8.42. The molecule has 0 unspecified atom stereocenters. The largest absolute Gasteiger partial charge is 0.416 e. The van der Waals surface area contributed by atoms with Gasteiger partial charge in [0.05, 0.1) is 22.3 Å². The summed E-state index contributed by atoms with van der Waals surface area (Å²) in [5.41, 5.74) is -5.67. The Morgan fingerprint density at radius 1 is 0.292 bits per heavy atom. The van der Waals surface area contributed by atoms with Gasteiger partial charge in [-0.05, 0) is 114 Å². The van der Waals surface area contributed by atoms with Gasteiger partial charge in [0, 0.05) is 0 Å². The van der Waals surface area contributed by atoms with Crippen LogP contribution in [0.3, 0.4) is 0 Å². The van der Waals surface area contributed by atoms with Crippen LogP contribution < -0.4 is 10.4 Å². The summed E-state index contributed by atoms with van der Waals surface area (Å²) >= 11 is 0. The molecule has 0 atom stereocenters. The first kappa shape index (κ1) is 31.6. The van der Waals surface area contributed by atoms with E-state index in [-0.39, 0.29) is 34.1 Å². The average Bonchev–Trinajstić information content (AvgIpc) is 3.50. The summed E-state index contributed by atoms with van der Waals surface area (Å²) in [5.74, 6) is 0. The van der Waals surface area contributed by atoms with Crippen LogP contribution in [0.25, 0.3) is 22.3 Å². The van der Waals surface area contributed by atoms with E-state index in [1.165, 1.54) is 18.2 Å². The lowest BCUT2D eigenvalue weighted by Gasteiger charge is -2.16. The molecule has 2 aliphatic rings. The van der Waals surface area contributed by atoms with Crippen molar-refractivity contribution in [1.82, 2.24) is 0 Å². The Hall–Kier alpha value is -5.00. The zero-order chi connectivity index (χ0) is 34.6. The van der Waals surface area contributed by atoms with E-state index in [9.17, 15) is 52.7 Å². The van der Waals surface area contributed by atoms with Crippen LogP contribution >= 0.6 is 0 Å². The number of rotatable bonds is 2. The minimum Gasteiger partial charge on any atom is -0.166 e. The second-order valence-electron chi connectivity index (χ2n) is 11.4. The zero-order valence-electron chi connectivity index (χ0n) is 23.8. The molecule has 0 spiro atoms. The summed E-state index contributed by atoms with van der Waals surface area (Å²) in [4.78, 5) is 0. The maximum absolute atomic E-state index is 13.9. The zero-order valence-corrected chi connectivity index (χ0v) is 23.8. The SMILES string of the molecule is FC(F)(F)c1cc(C2=c3cc4c(cc3-c3ccccc32)=c2ccccc2=C4c2cc(C(F)(F)F)cc(C(F)(F)F)c2)cc(C(F)(F)F)c1. The molecule has 0 radical (unpaired) electrons. The Labute approximate surface area is 262 Å². The molecule has 7 rings (SSSR count). The van der Waals surface area contributed by atoms with Gasteiger partial charge in [-0.3, -0.25) is 0 Å². The standard InChI is InChI=1S/C36H16F12/c37-33(38,39)19-9-17(10-20(13-19)34(40,41)42)31-25-7-3-1-5-23(25)27-15-28-24-6-2-4-8-26(24)32(30(28)16-29(27)31)18-11-21(35(43,44)45)14-22(12-18)36(46,47)48/h1-16H. The van der Waals surface area contributed by atoms with Crippen LogP contribution in [0.15, 0.2) is 97.1 Å². The lowest BCUT2D eigenvalue weighted by molar-refractivity contribution is -0.144. The Morgan fingerprint density at radius 2 is 0.667 bits per heavy atom. The molecule has 0 N–H and O–H groups in total. The molecule has 2 aliphatic carbocycles. The van der Waals surface area contributed by atoms with Crippen molar-refractivity contribution in [2.45, 2.75) is 24.7 Å². The molecule has 0 nitrogen and oxygen atoms in total. The molecule has 0 bridgehead atoms. The van der Waals surface area contributed by atoms with E-state index in [1.54, 1.807) is 42.5 Å². The summed E-state index contributed by atoms with van der Waals surface area (Å²) in [7, 11) is 0. The van der Waals surface area contributed by atoms with Crippen molar-refractivity contribution < 1.29 is 52.7 Å². The smallest absolute Gasteiger partial charge is 0.166 e. The molecule has 5 aromatic carbocycles. The van der Waals surface area contributed by atoms with Gasteiger partial charge in [-0.1, -0.05) is 48.5 Å². The Bertz CT molecular complexity index is 2320. The predicted molar refractivity (Wildman–Crippen MR) is 151 cm³/mol. The fraction of sp³-hybridized carbons (Fsp3) is 0.111. The van der Waals surface area contributed by atoms with E-state index in [0.717, 1.165) is 0 Å². The highest BCUT2D eigenvalue weighted by molar-refractivity contribution is 5.97. The molecule has 0 aromatic heterocycles. The number of benzene rings is 5. The van der Waals surface area contributed by atoms with E-state index < -0.39 is 58.1 Å². The van der Waals surface area contributed by atoms with Gasteiger partial charge >= 0.3 is 24.7 Å². The minimum atomic E-state index is -5.14. The predicted octanol–water partition coefficient (Wildman–Crippen LogP) is 9.84. The number of halogens is 12. The highest BCUT2D eigenvalue weighted by Crippen LogP contribution is 2.43. The van der Waals surface area contributed by atoms with Gasteiger partial charge in [-0.25, -0.2) is 0 Å². The monoisotopic (exact) mass is 676 g/mol. The van der Waals surface area contributed by atoms with Crippen molar-refractivity contribution in [1.29, 1.82) is 0 Å². The van der Waals surface area contributed by atoms with E-state index in [2.05, 4.69) is 0 Å². The van der Waals surface area contributed by atoms with Gasteiger partial charge in [-0.15, -0.1) is 0 Å². The van der Waals surface area contributed by atoms with Gasteiger partial charge < -0.3 is 0 Å². The third kappa shape index (κ3) is 5.14. The van der Waals surface area contributed by atoms with Gasteiger partial charge in [0.15, 0.2) is 0 Å². The van der Waals surface area contributed by atoms with E-state index >= 15 is 0 Å². The van der Waals surface area contributed by atoms with E-state index in [1.807, 2.05) is 0 Å². The van der Waals surface area contributed by atoms with Gasteiger partial charge in [0.1, 0.15) is 0 Å². The molecular weight excluding hydrogens is 660 g/mol. The first-order valence-electron chi connectivity index (χ1n) is 14.0. The second kappa shape index (κ2) is 10.2. The normalized spacial score (nSPS) is 14.2. The second-order valence-corrected chi connectivity index (χ2v) is 11.4. The third-order valence-electron chi connectivity index (χ3n) is 8.42. The van der Waals surface area contributed by atoms with Crippen LogP contribution in [0, 0.1) is 10.4 Å². The Balaban J connectivity index is 1.60. The summed E-state index contributed by atoms with van der Waals surface area (Å²) in [6, 6.07) is 18.0. The van der Waals surface area contributed by atoms with Gasteiger partial charge in [-0.2, -0.15) is 52.7 Å². The molecule has 0 aliphatic heterocycles. The number of fused-ring (bicyclic) bond motifs is 5. The number of alkyl halides is 12. The molecule has 0 heterocycles. The number of hydrogen-bond acceptors (Lipinski definition) is 0. The first-order valence-corrected chi connectivity index (χ1v) is 14.0. The van der Waals surface area contributed by atoms with Gasteiger partial charge in [0.2, 0.25) is 0 Å². The van der Waals surface area contributed by atoms with Gasteiger partial charge in [0.25, 0.3) is 0 Å². The maximum atomic E-state index is 13.9. The minimum absolute atomic E-state index is 0.00289. The molecule has 0 saturated carbocycles. The van der Waals surface area contributed by atoms with Crippen LogP contribution in [0.2, 0.25) is 0 Å². The van der Waals surface area contributed by atoms with E-state index in [4.69, 9.17) is 0 Å². The van der Waals surface area contributed by atoms with Crippen molar-refractivity contribution in [2.24, 2.45) is 0 Å². The van der Waals surface area contributed by atoms with Crippen molar-refractivity contribution >= 4 is 11.1 Å². The summed E-state index contributed by atoms with van der Waals surface area (Å²) in [5, 5.41) is 1.36. The van der Waals surface area contributed by atoms with Crippen molar-refractivity contribution in [3.8, 4) is 11.1 Å². The highest BCUT2D eigenvalue weighted by atomic mass is 19.4. The summed E-state index contributed by atoms with van der Waals surface area (Å²) < 4.78 is 167. The topological polar surface area (TPSA) is 0 Å². The fourth-order valence-corrected chi connectivity index (χ4v) is 6.44. The molecule has 48 heavy (non-hydrogen) atoms. The molecule has 12 heteroatoms. The number of hydrogen-bond donors (Lipinski definition) is 0. The van der Waals surface area contributed by atoms with Crippen LogP contribution in [-0.2, 0) is 24.7 Å². The molecule has 0 fully saturated rings. The lowest BCUT2D eigenvalue weighted by Crippen LogP contribution is -2.15. The van der Waals surface area contributed by atoms with Crippen LogP contribution in [0.4, 0.5) is 52.7 Å². The quantitative estimate of drug-likeness (QED) is 0.160.